The van der Waals surface area contributed by atoms with E-state index in [0.717, 1.165) is 28.0 Å². The number of halogens is 2. The van der Waals surface area contributed by atoms with E-state index in [1.165, 1.54) is 0 Å². The van der Waals surface area contributed by atoms with Crippen molar-refractivity contribution in [1.82, 2.24) is 9.55 Å². The van der Waals surface area contributed by atoms with Crippen molar-refractivity contribution >= 4 is 34.2 Å². The van der Waals surface area contributed by atoms with Gasteiger partial charge in [0, 0.05) is 15.6 Å². The highest BCUT2D eigenvalue weighted by molar-refractivity contribution is 6.35. The minimum Gasteiger partial charge on any atom is -0.493 e. The van der Waals surface area contributed by atoms with Crippen LogP contribution in [0.15, 0.2) is 60.7 Å². The van der Waals surface area contributed by atoms with E-state index >= 15 is 0 Å². The van der Waals surface area contributed by atoms with Crippen LogP contribution < -0.4 is 9.47 Å². The summed E-state index contributed by atoms with van der Waals surface area (Å²) in [5.74, 6) is 2.16. The van der Waals surface area contributed by atoms with Gasteiger partial charge in [0.1, 0.15) is 5.82 Å². The Kier molecular flexibility index (Phi) is 5.16. The predicted molar refractivity (Wildman–Crippen MR) is 114 cm³/mol. The molecule has 0 saturated carbocycles. The zero-order chi connectivity index (χ0) is 19.7. The Morgan fingerprint density at radius 1 is 0.893 bits per heavy atom. The van der Waals surface area contributed by atoms with Crippen molar-refractivity contribution in [2.45, 2.75) is 6.54 Å². The van der Waals surface area contributed by atoms with Crippen LogP contribution in [-0.2, 0) is 6.54 Å². The smallest absolute Gasteiger partial charge is 0.161 e. The van der Waals surface area contributed by atoms with Gasteiger partial charge in [-0.2, -0.15) is 0 Å². The summed E-state index contributed by atoms with van der Waals surface area (Å²) >= 11 is 12.5. The van der Waals surface area contributed by atoms with Gasteiger partial charge in [-0.25, -0.2) is 4.98 Å². The van der Waals surface area contributed by atoms with E-state index in [4.69, 9.17) is 37.7 Å². The standard InChI is InChI=1S/C22H18Cl2N2O2/c1-27-20-10-8-14(11-21(20)28-2)22-25-18-5-3-4-6-19(18)26(22)13-15-7-9-16(23)12-17(15)24/h3-12H,13H2,1-2H3. The molecule has 0 bridgehead atoms. The maximum atomic E-state index is 6.43. The van der Waals surface area contributed by atoms with Crippen molar-refractivity contribution in [2.24, 2.45) is 0 Å². The number of aromatic nitrogens is 2. The monoisotopic (exact) mass is 412 g/mol. The highest BCUT2D eigenvalue weighted by Crippen LogP contribution is 2.34. The van der Waals surface area contributed by atoms with Crippen molar-refractivity contribution in [3.05, 3.63) is 76.3 Å². The van der Waals surface area contributed by atoms with Gasteiger partial charge in [-0.05, 0) is 48.0 Å². The molecule has 0 saturated heterocycles. The van der Waals surface area contributed by atoms with Gasteiger partial charge in [-0.15, -0.1) is 0 Å². The van der Waals surface area contributed by atoms with Crippen LogP contribution in [-0.4, -0.2) is 23.8 Å². The van der Waals surface area contributed by atoms with Crippen LogP contribution >= 0.6 is 23.2 Å². The predicted octanol–water partition coefficient (Wildman–Crippen LogP) is 6.08. The molecule has 0 aliphatic rings. The molecule has 0 spiro atoms. The Hall–Kier alpha value is -2.69. The van der Waals surface area contributed by atoms with Gasteiger partial charge in [-0.1, -0.05) is 41.4 Å². The van der Waals surface area contributed by atoms with Crippen molar-refractivity contribution in [3.63, 3.8) is 0 Å². The number of ether oxygens (including phenoxy) is 2. The average Bonchev–Trinajstić information content (AvgIpc) is 3.08. The number of nitrogens with zero attached hydrogens (tertiary/aromatic N) is 2. The van der Waals surface area contributed by atoms with E-state index in [1.54, 1.807) is 20.3 Å². The van der Waals surface area contributed by atoms with Gasteiger partial charge in [0.25, 0.3) is 0 Å². The molecule has 4 rings (SSSR count). The lowest BCUT2D eigenvalue weighted by atomic mass is 10.1. The number of hydrogen-bond acceptors (Lipinski definition) is 3. The van der Waals surface area contributed by atoms with Gasteiger partial charge in [0.15, 0.2) is 11.5 Å². The van der Waals surface area contributed by atoms with E-state index in [1.807, 2.05) is 48.5 Å². The van der Waals surface area contributed by atoms with Gasteiger partial charge in [0.2, 0.25) is 0 Å². The molecule has 1 aromatic heterocycles. The van der Waals surface area contributed by atoms with E-state index < -0.39 is 0 Å². The second-order valence-electron chi connectivity index (χ2n) is 6.32. The van der Waals surface area contributed by atoms with E-state index in [0.29, 0.717) is 28.1 Å². The summed E-state index contributed by atoms with van der Waals surface area (Å²) in [6, 6.07) is 19.4. The van der Waals surface area contributed by atoms with Crippen LogP contribution in [0.25, 0.3) is 22.4 Å². The molecule has 28 heavy (non-hydrogen) atoms. The second kappa shape index (κ2) is 7.74. The molecular weight excluding hydrogens is 395 g/mol. The molecule has 0 atom stereocenters. The first-order valence-corrected chi connectivity index (χ1v) is 9.48. The summed E-state index contributed by atoms with van der Waals surface area (Å²) in [5.41, 5.74) is 3.84. The zero-order valence-electron chi connectivity index (χ0n) is 15.4. The summed E-state index contributed by atoms with van der Waals surface area (Å²) in [6.45, 7) is 0.570. The van der Waals surface area contributed by atoms with Crippen LogP contribution in [0.2, 0.25) is 10.0 Å². The molecule has 0 unspecified atom stereocenters. The summed E-state index contributed by atoms with van der Waals surface area (Å²) in [4.78, 5) is 4.85. The molecule has 0 fully saturated rings. The normalized spacial score (nSPS) is 11.0. The van der Waals surface area contributed by atoms with Crippen molar-refractivity contribution in [1.29, 1.82) is 0 Å². The molecule has 0 N–H and O–H groups in total. The Bertz CT molecular complexity index is 1150. The van der Waals surface area contributed by atoms with E-state index in [9.17, 15) is 0 Å². The quantitative estimate of drug-likeness (QED) is 0.398. The lowest BCUT2D eigenvalue weighted by Crippen LogP contribution is -2.03. The third-order valence-corrected chi connectivity index (χ3v) is 5.23. The highest BCUT2D eigenvalue weighted by atomic mass is 35.5. The van der Waals surface area contributed by atoms with E-state index in [2.05, 4.69) is 10.6 Å². The van der Waals surface area contributed by atoms with Crippen LogP contribution in [0.4, 0.5) is 0 Å². The first-order chi connectivity index (χ1) is 13.6. The fourth-order valence-electron chi connectivity index (χ4n) is 3.25. The number of rotatable bonds is 5. The largest absolute Gasteiger partial charge is 0.493 e. The number of para-hydroxylation sites is 2. The molecular formula is C22H18Cl2N2O2. The number of hydrogen-bond donors (Lipinski definition) is 0. The first-order valence-electron chi connectivity index (χ1n) is 8.72. The summed E-state index contributed by atoms with van der Waals surface area (Å²) in [5, 5.41) is 1.24. The van der Waals surface area contributed by atoms with Crippen LogP contribution in [0.5, 0.6) is 11.5 Å². The first kappa shape index (κ1) is 18.7. The molecule has 1 heterocycles. The maximum absolute atomic E-state index is 6.43. The van der Waals surface area contributed by atoms with Gasteiger partial charge in [0.05, 0.1) is 31.8 Å². The number of fused-ring (bicyclic) bond motifs is 1. The molecule has 3 aromatic carbocycles. The molecule has 142 valence electrons. The third-order valence-electron chi connectivity index (χ3n) is 4.64. The molecule has 4 aromatic rings. The highest BCUT2D eigenvalue weighted by Gasteiger charge is 2.16. The topological polar surface area (TPSA) is 36.3 Å². The lowest BCUT2D eigenvalue weighted by Gasteiger charge is -2.13. The summed E-state index contributed by atoms with van der Waals surface area (Å²) in [6.07, 6.45) is 0. The van der Waals surface area contributed by atoms with Crippen molar-refractivity contribution in [3.8, 4) is 22.9 Å². The minimum absolute atomic E-state index is 0.570. The molecule has 0 aliphatic heterocycles. The van der Waals surface area contributed by atoms with Crippen LogP contribution in [0, 0.1) is 0 Å². The summed E-state index contributed by atoms with van der Waals surface area (Å²) in [7, 11) is 3.24. The zero-order valence-corrected chi connectivity index (χ0v) is 17.0. The lowest BCUT2D eigenvalue weighted by molar-refractivity contribution is 0.355. The molecule has 6 heteroatoms. The minimum atomic E-state index is 0.570. The van der Waals surface area contributed by atoms with Gasteiger partial charge in [-0.3, -0.25) is 0 Å². The SMILES string of the molecule is COc1ccc(-c2nc3ccccc3n2Cc2ccc(Cl)cc2Cl)cc1OC. The van der Waals surface area contributed by atoms with Crippen molar-refractivity contribution in [2.75, 3.05) is 14.2 Å². The van der Waals surface area contributed by atoms with Gasteiger partial charge < -0.3 is 14.0 Å². The molecule has 4 nitrogen and oxygen atoms in total. The van der Waals surface area contributed by atoms with Gasteiger partial charge >= 0.3 is 0 Å². The Labute approximate surface area is 173 Å². The fraction of sp³-hybridized carbons (Fsp3) is 0.136. The third kappa shape index (κ3) is 3.41. The molecule has 0 amide bonds. The number of benzene rings is 3. The Balaban J connectivity index is 1.88. The maximum Gasteiger partial charge on any atom is 0.161 e. The molecule has 0 radical (unpaired) electrons. The Morgan fingerprint density at radius 3 is 2.43 bits per heavy atom. The fourth-order valence-corrected chi connectivity index (χ4v) is 3.72. The van der Waals surface area contributed by atoms with Crippen LogP contribution in [0.1, 0.15) is 5.56 Å². The van der Waals surface area contributed by atoms with Crippen molar-refractivity contribution < 1.29 is 9.47 Å². The average molecular weight is 413 g/mol. The van der Waals surface area contributed by atoms with E-state index in [-0.39, 0.29) is 0 Å². The summed E-state index contributed by atoms with van der Waals surface area (Å²) < 4.78 is 13.0. The van der Waals surface area contributed by atoms with Crippen LogP contribution in [0.3, 0.4) is 0 Å². The number of methoxy groups -OCH3 is 2. The molecule has 0 aliphatic carbocycles. The number of imidazole rings is 1. The Morgan fingerprint density at radius 2 is 1.68 bits per heavy atom. The second-order valence-corrected chi connectivity index (χ2v) is 7.16.